The van der Waals surface area contributed by atoms with Gasteiger partial charge < -0.3 is 10.6 Å². The number of pyridine rings is 1. The number of carbonyl (C=O) groups is 1. The minimum absolute atomic E-state index is 0. The number of carbonyl (C=O) groups excluding carboxylic acids is 1. The average Bonchev–Trinajstić information content (AvgIpc) is 3.02. The Bertz CT molecular complexity index is 599. The van der Waals surface area contributed by atoms with E-state index in [9.17, 15) is 4.79 Å². The van der Waals surface area contributed by atoms with Crippen LogP contribution < -0.4 is 10.6 Å². The van der Waals surface area contributed by atoms with Crippen LogP contribution in [-0.2, 0) is 4.79 Å². The molecule has 2 unspecified atom stereocenters. The fraction of sp³-hybridized carbons (Fsp3) is 0.400. The average molecular weight is 322 g/mol. The van der Waals surface area contributed by atoms with Crippen molar-refractivity contribution in [1.82, 2.24) is 19.9 Å². The molecular formula is C15H20ClN5O. The van der Waals surface area contributed by atoms with Crippen molar-refractivity contribution in [2.24, 2.45) is 5.92 Å². The smallest absolute Gasteiger partial charge is 0.241 e. The highest BCUT2D eigenvalue weighted by Gasteiger charge is 2.24. The molecule has 0 saturated carbocycles. The third-order valence-electron chi connectivity index (χ3n) is 3.77. The summed E-state index contributed by atoms with van der Waals surface area (Å²) in [7, 11) is 0. The second-order valence-corrected chi connectivity index (χ2v) is 5.50. The number of hydrogen-bond donors (Lipinski definition) is 2. The van der Waals surface area contributed by atoms with E-state index in [1.54, 1.807) is 18.7 Å². The van der Waals surface area contributed by atoms with Crippen molar-refractivity contribution < 1.29 is 4.79 Å². The Hall–Kier alpha value is -1.92. The number of hydrogen-bond acceptors (Lipinski definition) is 4. The summed E-state index contributed by atoms with van der Waals surface area (Å²) in [6.45, 7) is 3.08. The van der Waals surface area contributed by atoms with E-state index in [1.165, 1.54) is 0 Å². The summed E-state index contributed by atoms with van der Waals surface area (Å²) >= 11 is 0. The summed E-state index contributed by atoms with van der Waals surface area (Å²) in [6, 6.07) is 3.60. The van der Waals surface area contributed by atoms with Gasteiger partial charge in [0, 0.05) is 12.4 Å². The molecule has 7 heteroatoms. The molecule has 1 amide bonds. The van der Waals surface area contributed by atoms with Gasteiger partial charge in [-0.3, -0.25) is 9.36 Å². The van der Waals surface area contributed by atoms with E-state index in [0.29, 0.717) is 11.6 Å². The van der Waals surface area contributed by atoms with Gasteiger partial charge in [-0.05, 0) is 37.4 Å². The lowest BCUT2D eigenvalue weighted by Crippen LogP contribution is -2.45. The molecule has 118 valence electrons. The standard InChI is InChI=1S/C15H19N5O.ClH/c1-11-4-5-17-13(8-11)15(21)19-12-2-3-14(18-9-12)20-7-6-16-10-20;/h2-3,6-7,9-11,13,17H,4-5,8H2,1H3,(H,19,21);1H. The second kappa shape index (κ2) is 7.38. The van der Waals surface area contributed by atoms with Crippen molar-refractivity contribution in [2.75, 3.05) is 11.9 Å². The van der Waals surface area contributed by atoms with Gasteiger partial charge in [0.1, 0.15) is 12.1 Å². The molecule has 2 aromatic heterocycles. The Morgan fingerprint density at radius 2 is 2.32 bits per heavy atom. The molecule has 6 nitrogen and oxygen atoms in total. The third kappa shape index (κ3) is 3.84. The van der Waals surface area contributed by atoms with Gasteiger partial charge in [-0.15, -0.1) is 12.4 Å². The topological polar surface area (TPSA) is 71.8 Å². The summed E-state index contributed by atoms with van der Waals surface area (Å²) in [5.41, 5.74) is 0.712. The molecule has 2 atom stereocenters. The summed E-state index contributed by atoms with van der Waals surface area (Å²) in [5, 5.41) is 6.17. The highest BCUT2D eigenvalue weighted by Crippen LogP contribution is 2.17. The monoisotopic (exact) mass is 321 g/mol. The predicted molar refractivity (Wildman–Crippen MR) is 87.4 cm³/mol. The molecular weight excluding hydrogens is 302 g/mol. The Labute approximate surface area is 135 Å². The fourth-order valence-electron chi connectivity index (χ4n) is 2.54. The molecule has 0 aliphatic carbocycles. The number of imidazole rings is 1. The van der Waals surface area contributed by atoms with Crippen molar-refractivity contribution in [1.29, 1.82) is 0 Å². The van der Waals surface area contributed by atoms with Crippen molar-refractivity contribution in [3.63, 3.8) is 0 Å². The van der Waals surface area contributed by atoms with E-state index in [0.717, 1.165) is 25.2 Å². The number of anilines is 1. The zero-order valence-electron chi connectivity index (χ0n) is 12.4. The summed E-state index contributed by atoms with van der Waals surface area (Å²) < 4.78 is 1.82. The number of nitrogens with zero attached hydrogens (tertiary/aromatic N) is 3. The molecule has 0 radical (unpaired) electrons. The molecule has 2 N–H and O–H groups in total. The molecule has 3 heterocycles. The summed E-state index contributed by atoms with van der Waals surface area (Å²) in [6.07, 6.45) is 8.89. The Morgan fingerprint density at radius 3 is 2.95 bits per heavy atom. The van der Waals surface area contributed by atoms with Crippen LogP contribution in [0.25, 0.3) is 5.82 Å². The molecule has 0 bridgehead atoms. The lowest BCUT2D eigenvalue weighted by Gasteiger charge is -2.27. The molecule has 1 saturated heterocycles. The highest BCUT2D eigenvalue weighted by molar-refractivity contribution is 5.94. The minimum Gasteiger partial charge on any atom is -0.323 e. The SMILES string of the molecule is CC1CCNC(C(=O)Nc2ccc(-n3ccnc3)nc2)C1.Cl. The van der Waals surface area contributed by atoms with Gasteiger partial charge in [0.2, 0.25) is 5.91 Å². The molecule has 1 aliphatic rings. The van der Waals surface area contributed by atoms with E-state index in [1.807, 2.05) is 22.9 Å². The van der Waals surface area contributed by atoms with E-state index < -0.39 is 0 Å². The number of nitrogens with one attached hydrogen (secondary N) is 2. The van der Waals surface area contributed by atoms with Crippen LogP contribution in [0.15, 0.2) is 37.1 Å². The van der Waals surface area contributed by atoms with E-state index in [-0.39, 0.29) is 24.4 Å². The Morgan fingerprint density at radius 1 is 1.45 bits per heavy atom. The lowest BCUT2D eigenvalue weighted by atomic mass is 9.94. The predicted octanol–water partition coefficient (Wildman–Crippen LogP) is 2.02. The highest BCUT2D eigenvalue weighted by atomic mass is 35.5. The van der Waals surface area contributed by atoms with Crippen LogP contribution in [-0.4, -0.2) is 33.0 Å². The number of rotatable bonds is 3. The second-order valence-electron chi connectivity index (χ2n) is 5.50. The number of aromatic nitrogens is 3. The maximum atomic E-state index is 12.2. The van der Waals surface area contributed by atoms with Gasteiger partial charge >= 0.3 is 0 Å². The van der Waals surface area contributed by atoms with Gasteiger partial charge in [0.15, 0.2) is 0 Å². The number of halogens is 1. The first-order valence-electron chi connectivity index (χ1n) is 7.21. The quantitative estimate of drug-likeness (QED) is 0.907. The lowest BCUT2D eigenvalue weighted by molar-refractivity contribution is -0.119. The van der Waals surface area contributed by atoms with Gasteiger partial charge in [-0.2, -0.15) is 0 Å². The molecule has 3 rings (SSSR count). The summed E-state index contributed by atoms with van der Waals surface area (Å²) in [4.78, 5) is 20.5. The molecule has 0 spiro atoms. The van der Waals surface area contributed by atoms with Crippen LogP contribution in [0.4, 0.5) is 5.69 Å². The van der Waals surface area contributed by atoms with Crippen molar-refractivity contribution in [2.45, 2.75) is 25.8 Å². The van der Waals surface area contributed by atoms with Crippen LogP contribution >= 0.6 is 12.4 Å². The van der Waals surface area contributed by atoms with Crippen LogP contribution in [0.5, 0.6) is 0 Å². The maximum absolute atomic E-state index is 12.2. The zero-order valence-corrected chi connectivity index (χ0v) is 13.2. The first-order valence-corrected chi connectivity index (χ1v) is 7.21. The first-order chi connectivity index (χ1) is 10.2. The van der Waals surface area contributed by atoms with Crippen molar-refractivity contribution in [3.8, 4) is 5.82 Å². The molecule has 2 aromatic rings. The van der Waals surface area contributed by atoms with Gasteiger partial charge in [-0.1, -0.05) is 6.92 Å². The van der Waals surface area contributed by atoms with Gasteiger partial charge in [0.05, 0.1) is 17.9 Å². The van der Waals surface area contributed by atoms with Crippen LogP contribution in [0.3, 0.4) is 0 Å². The Kier molecular flexibility index (Phi) is 5.51. The third-order valence-corrected chi connectivity index (χ3v) is 3.77. The van der Waals surface area contributed by atoms with E-state index in [2.05, 4.69) is 27.5 Å². The Balaban J connectivity index is 0.00000176. The maximum Gasteiger partial charge on any atom is 0.241 e. The van der Waals surface area contributed by atoms with Crippen LogP contribution in [0.1, 0.15) is 19.8 Å². The van der Waals surface area contributed by atoms with Crippen molar-refractivity contribution >= 4 is 24.0 Å². The molecule has 0 aromatic carbocycles. The zero-order chi connectivity index (χ0) is 14.7. The first kappa shape index (κ1) is 16.5. The molecule has 22 heavy (non-hydrogen) atoms. The number of piperidine rings is 1. The van der Waals surface area contributed by atoms with Gasteiger partial charge in [0.25, 0.3) is 0 Å². The number of amides is 1. The van der Waals surface area contributed by atoms with E-state index >= 15 is 0 Å². The fourth-order valence-corrected chi connectivity index (χ4v) is 2.54. The van der Waals surface area contributed by atoms with Crippen LogP contribution in [0, 0.1) is 5.92 Å². The van der Waals surface area contributed by atoms with Crippen LogP contribution in [0.2, 0.25) is 0 Å². The van der Waals surface area contributed by atoms with Crippen molar-refractivity contribution in [3.05, 3.63) is 37.1 Å². The van der Waals surface area contributed by atoms with Gasteiger partial charge in [-0.25, -0.2) is 9.97 Å². The normalized spacial score (nSPS) is 21.0. The largest absolute Gasteiger partial charge is 0.323 e. The molecule has 1 aliphatic heterocycles. The molecule has 1 fully saturated rings. The van der Waals surface area contributed by atoms with E-state index in [4.69, 9.17) is 0 Å². The minimum atomic E-state index is -0.109. The summed E-state index contributed by atoms with van der Waals surface area (Å²) in [5.74, 6) is 1.37.